The topological polar surface area (TPSA) is 296 Å². The maximum atomic E-state index is 12.6. The van der Waals surface area contributed by atoms with Gasteiger partial charge in [-0.25, -0.2) is 4.79 Å². The second kappa shape index (κ2) is 27.4. The molecule has 1 aromatic carbocycles. The van der Waals surface area contributed by atoms with Gasteiger partial charge in [-0.1, -0.05) is 25.0 Å². The number of carboxylic acid groups (broad SMARTS) is 5. The van der Waals surface area contributed by atoms with Crippen LogP contribution < -0.4 is 21.3 Å². The van der Waals surface area contributed by atoms with Crippen LogP contribution in [0.1, 0.15) is 56.9 Å². The quantitative estimate of drug-likeness (QED) is 0.0369. The smallest absolute Gasteiger partial charge is 0.480 e. The number of aliphatic carboxylic acids is 5. The molecule has 20 nitrogen and oxygen atoms in total. The molecule has 326 valence electrons. The molecule has 0 aromatic heterocycles. The van der Waals surface area contributed by atoms with Crippen LogP contribution in [-0.2, 0) is 40.0 Å². The van der Waals surface area contributed by atoms with E-state index >= 15 is 0 Å². The van der Waals surface area contributed by atoms with E-state index in [9.17, 15) is 63.9 Å². The number of urea groups is 1. The van der Waals surface area contributed by atoms with Gasteiger partial charge in [0, 0.05) is 61.8 Å². The van der Waals surface area contributed by atoms with E-state index in [2.05, 4.69) is 21.3 Å². The SMILES string of the molecule is O=C(O)CN(CCN(CC(=O)O)CC(Cc1ccc(NC(=O)CCCCCNC(=O)CCCCC2SCC3NC(=O)NC32)cc1)N(CC(=O)O)CC(=O)O)CC(=O)O.[Eu+3]. The molecule has 2 saturated heterocycles. The molecule has 2 heterocycles. The summed E-state index contributed by atoms with van der Waals surface area (Å²) in [7, 11) is 0. The van der Waals surface area contributed by atoms with Crippen molar-refractivity contribution >= 4 is 65.1 Å². The Morgan fingerprint density at radius 1 is 0.712 bits per heavy atom. The minimum Gasteiger partial charge on any atom is -0.480 e. The van der Waals surface area contributed by atoms with Crippen molar-refractivity contribution in [3.05, 3.63) is 29.8 Å². The fourth-order valence-electron chi connectivity index (χ4n) is 6.97. The van der Waals surface area contributed by atoms with E-state index in [1.807, 2.05) is 11.8 Å². The molecule has 4 amide bonds. The zero-order valence-electron chi connectivity index (χ0n) is 32.7. The number of benzene rings is 1. The Morgan fingerprint density at radius 2 is 1.27 bits per heavy atom. The summed E-state index contributed by atoms with van der Waals surface area (Å²) in [5, 5.41) is 59.0. The molecule has 9 N–H and O–H groups in total. The van der Waals surface area contributed by atoms with E-state index in [1.54, 1.807) is 24.3 Å². The number of anilines is 1. The number of fused-ring (bicyclic) bond motifs is 1. The van der Waals surface area contributed by atoms with E-state index in [0.717, 1.165) is 42.8 Å². The van der Waals surface area contributed by atoms with E-state index in [4.69, 9.17) is 0 Å². The third-order valence-corrected chi connectivity index (χ3v) is 11.2. The first-order valence-corrected chi connectivity index (χ1v) is 20.2. The third-order valence-electron chi connectivity index (χ3n) is 9.66. The molecule has 2 aliphatic heterocycles. The minimum absolute atomic E-state index is 0. The molecule has 2 fully saturated rings. The largest absolute Gasteiger partial charge is 3.00 e. The van der Waals surface area contributed by atoms with Gasteiger partial charge in [-0.3, -0.25) is 48.3 Å². The monoisotopic (exact) mass is 990 g/mol. The first-order chi connectivity index (χ1) is 27.6. The number of nitrogens with one attached hydrogen (secondary N) is 4. The van der Waals surface area contributed by atoms with Gasteiger partial charge in [0.2, 0.25) is 11.8 Å². The number of carbonyl (C=O) groups excluding carboxylic acids is 3. The number of carbonyl (C=O) groups is 8. The van der Waals surface area contributed by atoms with Gasteiger partial charge in [0.05, 0.1) is 44.8 Å². The van der Waals surface area contributed by atoms with Gasteiger partial charge in [-0.15, -0.1) is 0 Å². The normalized spacial score (nSPS) is 17.4. The van der Waals surface area contributed by atoms with Crippen LogP contribution in [0.5, 0.6) is 0 Å². The second-order valence-corrected chi connectivity index (χ2v) is 15.7. The first-order valence-electron chi connectivity index (χ1n) is 19.2. The minimum atomic E-state index is -1.31. The van der Waals surface area contributed by atoms with Crippen molar-refractivity contribution in [1.82, 2.24) is 30.7 Å². The number of carboxylic acids is 5. The van der Waals surface area contributed by atoms with Crippen LogP contribution in [0.2, 0.25) is 0 Å². The Labute approximate surface area is 387 Å². The molecule has 4 unspecified atom stereocenters. The van der Waals surface area contributed by atoms with Crippen LogP contribution >= 0.6 is 11.8 Å². The summed E-state index contributed by atoms with van der Waals surface area (Å²) >= 11 is 1.85. The molecule has 0 spiro atoms. The van der Waals surface area contributed by atoms with Crippen molar-refractivity contribution in [2.45, 2.75) is 81.2 Å². The van der Waals surface area contributed by atoms with Gasteiger partial charge in [-0.05, 0) is 49.8 Å². The van der Waals surface area contributed by atoms with E-state index in [-0.39, 0.29) is 112 Å². The summed E-state index contributed by atoms with van der Waals surface area (Å²) in [6, 6.07) is 6.00. The number of unbranched alkanes of at least 4 members (excludes halogenated alkanes) is 3. The van der Waals surface area contributed by atoms with Crippen molar-refractivity contribution in [3.63, 3.8) is 0 Å². The Bertz CT molecular complexity index is 1560. The van der Waals surface area contributed by atoms with Crippen LogP contribution in [0.25, 0.3) is 0 Å². The molecule has 0 radical (unpaired) electrons. The average Bonchev–Trinajstić information content (AvgIpc) is 3.68. The number of hydrogen-bond donors (Lipinski definition) is 9. The van der Waals surface area contributed by atoms with Crippen LogP contribution in [0, 0.1) is 49.4 Å². The maximum Gasteiger partial charge on any atom is 3.00 e. The molecule has 3 rings (SSSR count). The Hall–Kier alpha value is -3.41. The van der Waals surface area contributed by atoms with E-state index < -0.39 is 68.6 Å². The van der Waals surface area contributed by atoms with Gasteiger partial charge < -0.3 is 46.8 Å². The summed E-state index contributed by atoms with van der Waals surface area (Å²) in [4.78, 5) is 97.7. The zero-order chi connectivity index (χ0) is 42.6. The molecular formula is C37H55EuN7O13S+3. The number of rotatable bonds is 30. The van der Waals surface area contributed by atoms with Gasteiger partial charge in [0.15, 0.2) is 0 Å². The number of amides is 4. The standard InChI is InChI=1S/C37H55N7O13S.Eu/c45-29(7-4-3-6-28-36-27(23-58-28)40-37(57)41-36)38-13-5-1-2-8-30(46)39-25-11-9-24(10-12-25)16-26(44(21-34(53)54)22-35(55)56)17-42(18-31(47)48)14-15-43(19-32(49)50)20-33(51)52;/h9-12,26-28,36H,1-8,13-23H2,(H,38,45)(H,39,46)(H,47,48)(H,49,50)(H,51,52)(H,53,54)(H,55,56)(H2,40,41,57);/q;+3. The molecule has 2 aliphatic rings. The molecule has 0 aliphatic carbocycles. The molecular weight excluding hydrogens is 934 g/mol. The predicted octanol–water partition coefficient (Wildman–Crippen LogP) is 0.268. The van der Waals surface area contributed by atoms with E-state index in [1.165, 1.54) is 9.80 Å². The van der Waals surface area contributed by atoms with Gasteiger partial charge in [0.1, 0.15) is 0 Å². The van der Waals surface area contributed by atoms with Gasteiger partial charge in [0.25, 0.3) is 0 Å². The third kappa shape index (κ3) is 21.1. The fourth-order valence-corrected chi connectivity index (χ4v) is 8.52. The van der Waals surface area contributed by atoms with Gasteiger partial charge in [-0.2, -0.15) is 11.8 Å². The summed E-state index contributed by atoms with van der Waals surface area (Å²) < 4.78 is 0. The van der Waals surface area contributed by atoms with Crippen molar-refractivity contribution in [2.24, 2.45) is 0 Å². The van der Waals surface area contributed by atoms with E-state index in [0.29, 0.717) is 35.9 Å². The summed E-state index contributed by atoms with van der Waals surface area (Å²) in [6.07, 6.45) is 5.46. The maximum absolute atomic E-state index is 12.6. The summed E-state index contributed by atoms with van der Waals surface area (Å²) in [5.41, 5.74) is 1.12. The molecule has 59 heavy (non-hydrogen) atoms. The average molecular weight is 990 g/mol. The summed E-state index contributed by atoms with van der Waals surface area (Å²) in [5.74, 6) is -5.77. The van der Waals surface area contributed by atoms with Crippen molar-refractivity contribution in [1.29, 1.82) is 0 Å². The van der Waals surface area contributed by atoms with Crippen molar-refractivity contribution in [2.75, 3.05) is 70.0 Å². The number of nitrogens with zero attached hydrogens (tertiary/aromatic N) is 3. The second-order valence-electron chi connectivity index (χ2n) is 14.5. The molecule has 0 saturated carbocycles. The Kier molecular flexibility index (Phi) is 24.1. The number of hydrogen-bond acceptors (Lipinski definition) is 12. The fraction of sp³-hybridized carbons (Fsp3) is 0.622. The zero-order valence-corrected chi connectivity index (χ0v) is 35.9. The van der Waals surface area contributed by atoms with Crippen LogP contribution in [0.4, 0.5) is 10.5 Å². The number of thioether (sulfide) groups is 1. The van der Waals surface area contributed by atoms with Crippen LogP contribution in [-0.4, -0.2) is 176 Å². The van der Waals surface area contributed by atoms with Crippen LogP contribution in [0.3, 0.4) is 0 Å². The molecule has 22 heteroatoms. The Balaban J connectivity index is 0.0000120. The van der Waals surface area contributed by atoms with Crippen LogP contribution in [0.15, 0.2) is 24.3 Å². The molecule has 4 atom stereocenters. The van der Waals surface area contributed by atoms with Crippen molar-refractivity contribution in [3.8, 4) is 0 Å². The first kappa shape index (κ1) is 51.7. The van der Waals surface area contributed by atoms with Gasteiger partial charge >= 0.3 is 85.3 Å². The summed E-state index contributed by atoms with van der Waals surface area (Å²) in [6.45, 7) is -3.04. The molecule has 0 bridgehead atoms. The Morgan fingerprint density at radius 3 is 1.88 bits per heavy atom. The molecule has 1 aromatic rings. The van der Waals surface area contributed by atoms with Crippen molar-refractivity contribution < 1.29 is 113 Å². The predicted molar refractivity (Wildman–Crippen MR) is 211 cm³/mol.